The van der Waals surface area contributed by atoms with Gasteiger partial charge in [-0.3, -0.25) is 14.4 Å². The second-order valence-corrected chi connectivity index (χ2v) is 11.2. The number of ether oxygens (including phenoxy) is 1. The summed E-state index contributed by atoms with van der Waals surface area (Å²) < 4.78 is 6.49. The van der Waals surface area contributed by atoms with Gasteiger partial charge in [0.15, 0.2) is 0 Å². The maximum atomic E-state index is 13.7. The first-order valence-electron chi connectivity index (χ1n) is 11.9. The maximum absolute atomic E-state index is 13.7. The fourth-order valence-corrected chi connectivity index (χ4v) is 6.21. The Kier molecular flexibility index (Phi) is 5.55. The van der Waals surface area contributed by atoms with Gasteiger partial charge in [0.25, 0.3) is 0 Å². The Morgan fingerprint density at radius 1 is 1.25 bits per heavy atom. The Morgan fingerprint density at radius 2 is 1.94 bits per heavy atom. The Bertz CT molecular complexity index is 862. The van der Waals surface area contributed by atoms with Crippen LogP contribution in [0.4, 0.5) is 0 Å². The van der Waals surface area contributed by atoms with Gasteiger partial charge in [0.2, 0.25) is 17.7 Å². The lowest BCUT2D eigenvalue weighted by molar-refractivity contribution is -0.145. The van der Waals surface area contributed by atoms with Crippen molar-refractivity contribution in [2.24, 2.45) is 17.8 Å². The number of nitrogens with zero attached hydrogens (tertiary/aromatic N) is 1. The molecule has 0 aromatic carbocycles. The van der Waals surface area contributed by atoms with Gasteiger partial charge in [-0.1, -0.05) is 38.0 Å². The summed E-state index contributed by atoms with van der Waals surface area (Å²) in [5.74, 6) is -1.63. The molecule has 32 heavy (non-hydrogen) atoms. The van der Waals surface area contributed by atoms with Crippen LogP contribution in [0, 0.1) is 17.8 Å². The predicted molar refractivity (Wildman–Crippen MR) is 121 cm³/mol. The molecule has 4 rings (SSSR count). The van der Waals surface area contributed by atoms with E-state index in [4.69, 9.17) is 4.74 Å². The van der Waals surface area contributed by atoms with Crippen molar-refractivity contribution < 1.29 is 19.1 Å². The number of nitrogens with one attached hydrogen (secondary N) is 2. The number of hydrogen-bond donors (Lipinski definition) is 2. The van der Waals surface area contributed by atoms with Crippen LogP contribution in [0.3, 0.4) is 0 Å². The van der Waals surface area contributed by atoms with Gasteiger partial charge in [-0.2, -0.15) is 0 Å². The molecule has 0 unspecified atom stereocenters. The van der Waals surface area contributed by atoms with Crippen LogP contribution in [-0.4, -0.2) is 58.0 Å². The fraction of sp³-hybridized carbons (Fsp3) is 0.720. The average Bonchev–Trinajstić information content (AvgIpc) is 3.24. The van der Waals surface area contributed by atoms with E-state index in [0.717, 1.165) is 19.3 Å². The third-order valence-electron chi connectivity index (χ3n) is 7.59. The van der Waals surface area contributed by atoms with Gasteiger partial charge in [0.05, 0.1) is 17.4 Å². The summed E-state index contributed by atoms with van der Waals surface area (Å²) in [5.41, 5.74) is -2.53. The Morgan fingerprint density at radius 3 is 2.56 bits per heavy atom. The van der Waals surface area contributed by atoms with Crippen LogP contribution in [0.25, 0.3) is 0 Å². The first-order chi connectivity index (χ1) is 14.9. The van der Waals surface area contributed by atoms with E-state index in [2.05, 4.69) is 24.1 Å². The van der Waals surface area contributed by atoms with Crippen LogP contribution in [0.15, 0.2) is 24.8 Å². The largest absolute Gasteiger partial charge is 0.356 e. The first-order valence-corrected chi connectivity index (χ1v) is 11.9. The quantitative estimate of drug-likeness (QED) is 0.639. The second kappa shape index (κ2) is 7.72. The molecule has 0 aromatic rings. The highest BCUT2D eigenvalue weighted by atomic mass is 16.5. The van der Waals surface area contributed by atoms with E-state index in [1.165, 1.54) is 11.3 Å². The number of carbonyl (C=O) groups excluding carboxylic acids is 3. The van der Waals surface area contributed by atoms with Crippen molar-refractivity contribution in [2.75, 3.05) is 6.54 Å². The molecule has 0 radical (unpaired) electrons. The lowest BCUT2D eigenvalue weighted by atomic mass is 9.70. The minimum absolute atomic E-state index is 0.111. The summed E-state index contributed by atoms with van der Waals surface area (Å²) in [4.78, 5) is 42.2. The summed E-state index contributed by atoms with van der Waals surface area (Å²) in [6.45, 7) is 13.7. The summed E-state index contributed by atoms with van der Waals surface area (Å²) in [5, 5.41) is 6.24. The highest BCUT2D eigenvalue weighted by molar-refractivity contribution is 6.00. The average molecular weight is 444 g/mol. The van der Waals surface area contributed by atoms with E-state index in [1.54, 1.807) is 6.08 Å². The van der Waals surface area contributed by atoms with Crippen molar-refractivity contribution in [3.63, 3.8) is 0 Å². The van der Waals surface area contributed by atoms with Crippen LogP contribution < -0.4 is 10.6 Å². The van der Waals surface area contributed by atoms with Gasteiger partial charge >= 0.3 is 0 Å². The summed E-state index contributed by atoms with van der Waals surface area (Å²) in [6.07, 6.45) is 9.67. The molecule has 7 atom stereocenters. The second-order valence-electron chi connectivity index (χ2n) is 11.2. The van der Waals surface area contributed by atoms with Crippen molar-refractivity contribution in [3.8, 4) is 0 Å². The molecule has 1 spiro atoms. The summed E-state index contributed by atoms with van der Waals surface area (Å²) >= 11 is 0. The van der Waals surface area contributed by atoms with E-state index in [0.29, 0.717) is 5.92 Å². The van der Waals surface area contributed by atoms with Crippen LogP contribution in [-0.2, 0) is 19.1 Å². The molecular formula is C25H37N3O4. The monoisotopic (exact) mass is 443 g/mol. The molecule has 4 aliphatic rings. The van der Waals surface area contributed by atoms with Crippen molar-refractivity contribution in [3.05, 3.63) is 24.8 Å². The molecule has 7 heteroatoms. The SMILES string of the molecule is C=CCN1C(=O)[C@H]2[C@@H](C(=O)N[C@@H]3CCCC[C@H]3C)[C@]3(C)C=C[C@]2(O3)[C@H]1C(=O)NC(C)(C)C. The molecule has 1 saturated carbocycles. The molecule has 3 fully saturated rings. The molecule has 2 saturated heterocycles. The van der Waals surface area contributed by atoms with Gasteiger partial charge in [0.1, 0.15) is 11.6 Å². The molecule has 3 aliphatic heterocycles. The topological polar surface area (TPSA) is 87.7 Å². The Hall–Kier alpha value is -2.15. The highest BCUT2D eigenvalue weighted by Crippen LogP contribution is 2.59. The smallest absolute Gasteiger partial charge is 0.246 e. The van der Waals surface area contributed by atoms with E-state index in [-0.39, 0.29) is 30.3 Å². The normalized spacial score (nSPS) is 40.3. The minimum Gasteiger partial charge on any atom is -0.356 e. The molecule has 7 nitrogen and oxygen atoms in total. The van der Waals surface area contributed by atoms with E-state index < -0.39 is 34.6 Å². The summed E-state index contributed by atoms with van der Waals surface area (Å²) in [7, 11) is 0. The van der Waals surface area contributed by atoms with E-state index >= 15 is 0 Å². The van der Waals surface area contributed by atoms with Gasteiger partial charge in [-0.25, -0.2) is 0 Å². The molecule has 3 heterocycles. The first kappa shape index (κ1) is 23.0. The fourth-order valence-electron chi connectivity index (χ4n) is 6.21. The van der Waals surface area contributed by atoms with Gasteiger partial charge in [-0.05, 0) is 46.5 Å². The molecule has 2 N–H and O–H groups in total. The van der Waals surface area contributed by atoms with Crippen LogP contribution in [0.5, 0.6) is 0 Å². The maximum Gasteiger partial charge on any atom is 0.246 e. The van der Waals surface area contributed by atoms with Crippen LogP contribution in [0.1, 0.15) is 60.3 Å². The van der Waals surface area contributed by atoms with Crippen molar-refractivity contribution in [1.82, 2.24) is 15.5 Å². The van der Waals surface area contributed by atoms with Crippen LogP contribution >= 0.6 is 0 Å². The van der Waals surface area contributed by atoms with Gasteiger partial charge < -0.3 is 20.3 Å². The predicted octanol–water partition coefficient (Wildman–Crippen LogP) is 2.32. The van der Waals surface area contributed by atoms with Gasteiger partial charge in [-0.15, -0.1) is 6.58 Å². The van der Waals surface area contributed by atoms with Crippen molar-refractivity contribution in [2.45, 2.75) is 89.1 Å². The summed E-state index contributed by atoms with van der Waals surface area (Å²) in [6, 6.07) is -0.735. The highest BCUT2D eigenvalue weighted by Gasteiger charge is 2.76. The molecular weight excluding hydrogens is 406 g/mol. The number of likely N-dealkylation sites (tertiary alicyclic amines) is 1. The third-order valence-corrected chi connectivity index (χ3v) is 7.59. The zero-order valence-electron chi connectivity index (χ0n) is 19.9. The standard InChI is InChI=1S/C25H37N3O4/c1-7-14-28-19(21(30)27-23(3,4)5)25-13-12-24(6,32-25)17(18(25)22(28)31)20(29)26-16-11-9-8-10-15(16)2/h7,12-13,15-19H,1,8-11,14H2,2-6H3,(H,26,29)(H,27,30)/t15-,16-,17+,18-,19-,24+,25-/m1/s1. The molecule has 0 aromatic heterocycles. The van der Waals surface area contributed by atoms with E-state index in [1.807, 2.05) is 39.8 Å². The Balaban J connectivity index is 1.68. The minimum atomic E-state index is -1.15. The van der Waals surface area contributed by atoms with E-state index in [9.17, 15) is 14.4 Å². The van der Waals surface area contributed by atoms with Crippen LogP contribution in [0.2, 0.25) is 0 Å². The lowest BCUT2D eigenvalue weighted by Gasteiger charge is -2.34. The van der Waals surface area contributed by atoms with Crippen molar-refractivity contribution >= 4 is 17.7 Å². The number of rotatable bonds is 5. The number of amides is 3. The Labute approximate surface area is 191 Å². The number of carbonyl (C=O) groups is 3. The molecule has 2 bridgehead atoms. The van der Waals surface area contributed by atoms with Gasteiger partial charge in [0, 0.05) is 18.1 Å². The number of fused-ring (bicyclic) bond motifs is 1. The zero-order valence-corrected chi connectivity index (χ0v) is 19.9. The lowest BCUT2D eigenvalue weighted by Crippen LogP contribution is -2.58. The zero-order chi connectivity index (χ0) is 23.5. The molecule has 176 valence electrons. The number of hydrogen-bond acceptors (Lipinski definition) is 4. The molecule has 3 amide bonds. The molecule has 1 aliphatic carbocycles. The third kappa shape index (κ3) is 3.49. The van der Waals surface area contributed by atoms with Crippen molar-refractivity contribution in [1.29, 1.82) is 0 Å².